The molecule has 2 saturated heterocycles. The Labute approximate surface area is 198 Å². The number of carbonyl (C=O) groups excluding carboxylic acids is 1. The van der Waals surface area contributed by atoms with Gasteiger partial charge in [-0.1, -0.05) is 18.2 Å². The van der Waals surface area contributed by atoms with Crippen LogP contribution in [0.4, 0.5) is 4.39 Å². The number of halogens is 1. The van der Waals surface area contributed by atoms with Gasteiger partial charge in [-0.05, 0) is 60.6 Å². The number of fused-ring (bicyclic) bond motifs is 3. The first-order valence-electron chi connectivity index (χ1n) is 11.1. The van der Waals surface area contributed by atoms with Gasteiger partial charge in [-0.2, -0.15) is 10.5 Å². The molecule has 0 spiro atoms. The average molecular weight is 481 g/mol. The maximum Gasteiger partial charge on any atom is 0.228 e. The van der Waals surface area contributed by atoms with Gasteiger partial charge in [-0.3, -0.25) is 4.79 Å². The predicted molar refractivity (Wildman–Crippen MR) is 124 cm³/mol. The SMILES string of the molecule is CS(=O)(=O)c1cc(-c2ccc(C[C@@H](C#N)NC(=O)C34CCC(CC3)NC4)c(F)c2)ccc1C#N. The smallest absolute Gasteiger partial charge is 0.228 e. The van der Waals surface area contributed by atoms with Gasteiger partial charge in [-0.25, -0.2) is 12.8 Å². The van der Waals surface area contributed by atoms with Gasteiger partial charge in [0.2, 0.25) is 5.91 Å². The molecule has 2 bridgehead atoms. The zero-order valence-corrected chi connectivity index (χ0v) is 19.6. The van der Waals surface area contributed by atoms with E-state index in [4.69, 9.17) is 0 Å². The largest absolute Gasteiger partial charge is 0.340 e. The normalized spacial score (nSPS) is 22.4. The number of carbonyl (C=O) groups is 1. The molecule has 34 heavy (non-hydrogen) atoms. The van der Waals surface area contributed by atoms with E-state index in [-0.39, 0.29) is 28.4 Å². The Balaban J connectivity index is 1.52. The van der Waals surface area contributed by atoms with Gasteiger partial charge in [0.25, 0.3) is 0 Å². The molecule has 2 aliphatic heterocycles. The van der Waals surface area contributed by atoms with E-state index in [0.29, 0.717) is 23.7 Å². The lowest BCUT2D eigenvalue weighted by atomic mass is 9.68. The summed E-state index contributed by atoms with van der Waals surface area (Å²) in [7, 11) is -3.64. The van der Waals surface area contributed by atoms with Gasteiger partial charge in [-0.15, -0.1) is 0 Å². The summed E-state index contributed by atoms with van der Waals surface area (Å²) in [6, 6.07) is 12.3. The Bertz CT molecular complexity index is 1300. The van der Waals surface area contributed by atoms with E-state index in [1.54, 1.807) is 12.1 Å². The Kier molecular flexibility index (Phi) is 6.44. The lowest BCUT2D eigenvalue weighted by molar-refractivity contribution is -0.135. The number of hydrogen-bond donors (Lipinski definition) is 2. The fraction of sp³-hybridized carbons (Fsp3) is 0.400. The van der Waals surface area contributed by atoms with Crippen LogP contribution in [0.15, 0.2) is 41.3 Å². The van der Waals surface area contributed by atoms with Crippen LogP contribution in [0, 0.1) is 33.9 Å². The molecule has 2 aromatic rings. The van der Waals surface area contributed by atoms with Crippen molar-refractivity contribution in [1.82, 2.24) is 10.6 Å². The van der Waals surface area contributed by atoms with E-state index < -0.39 is 27.1 Å². The summed E-state index contributed by atoms with van der Waals surface area (Å²) in [4.78, 5) is 12.8. The highest BCUT2D eigenvalue weighted by atomic mass is 32.2. The second-order valence-electron chi connectivity index (χ2n) is 9.20. The van der Waals surface area contributed by atoms with E-state index >= 15 is 0 Å². The quantitative estimate of drug-likeness (QED) is 0.655. The summed E-state index contributed by atoms with van der Waals surface area (Å²) in [6.45, 7) is 0.602. The van der Waals surface area contributed by atoms with Crippen LogP contribution in [0.25, 0.3) is 11.1 Å². The number of nitrogens with zero attached hydrogens (tertiary/aromatic N) is 2. The Hall–Kier alpha value is -3.27. The number of piperidine rings is 2. The second kappa shape index (κ2) is 9.17. The third-order valence-electron chi connectivity index (χ3n) is 6.93. The number of rotatable bonds is 6. The van der Waals surface area contributed by atoms with Gasteiger partial charge in [0.05, 0.1) is 21.9 Å². The van der Waals surface area contributed by atoms with Crippen molar-refractivity contribution in [2.45, 2.75) is 49.1 Å². The molecule has 1 amide bonds. The first kappa shape index (κ1) is 23.9. The third kappa shape index (κ3) is 4.68. The molecule has 3 aliphatic rings. The van der Waals surface area contributed by atoms with Crippen molar-refractivity contribution in [3.8, 4) is 23.3 Å². The zero-order valence-electron chi connectivity index (χ0n) is 18.8. The Morgan fingerprint density at radius 1 is 1.21 bits per heavy atom. The Morgan fingerprint density at radius 2 is 1.88 bits per heavy atom. The van der Waals surface area contributed by atoms with Crippen molar-refractivity contribution in [1.29, 1.82) is 10.5 Å². The summed E-state index contributed by atoms with van der Waals surface area (Å²) in [5.74, 6) is -0.720. The van der Waals surface area contributed by atoms with Gasteiger partial charge < -0.3 is 10.6 Å². The zero-order chi connectivity index (χ0) is 24.5. The first-order chi connectivity index (χ1) is 16.1. The van der Waals surface area contributed by atoms with Crippen LogP contribution in [-0.2, 0) is 21.1 Å². The summed E-state index contributed by atoms with van der Waals surface area (Å²) >= 11 is 0. The summed E-state index contributed by atoms with van der Waals surface area (Å²) in [5, 5.41) is 25.0. The van der Waals surface area contributed by atoms with Crippen LogP contribution in [0.2, 0.25) is 0 Å². The highest BCUT2D eigenvalue weighted by molar-refractivity contribution is 7.90. The first-order valence-corrected chi connectivity index (χ1v) is 13.0. The molecule has 0 radical (unpaired) electrons. The molecule has 176 valence electrons. The van der Waals surface area contributed by atoms with E-state index in [1.165, 1.54) is 24.3 Å². The molecule has 0 aromatic heterocycles. The highest BCUT2D eigenvalue weighted by Gasteiger charge is 2.46. The van der Waals surface area contributed by atoms with Crippen molar-refractivity contribution in [3.63, 3.8) is 0 Å². The molecule has 2 heterocycles. The minimum Gasteiger partial charge on any atom is -0.340 e. The van der Waals surface area contributed by atoms with Gasteiger partial charge >= 0.3 is 0 Å². The number of nitriles is 2. The Morgan fingerprint density at radius 3 is 2.44 bits per heavy atom. The lowest BCUT2D eigenvalue weighted by Crippen LogP contribution is -2.59. The number of nitrogens with one attached hydrogen (secondary N) is 2. The van der Waals surface area contributed by atoms with E-state index in [1.807, 2.05) is 6.07 Å². The molecular weight excluding hydrogens is 455 g/mol. The summed E-state index contributed by atoms with van der Waals surface area (Å²) in [5.41, 5.74) is 0.693. The maximum atomic E-state index is 14.9. The number of sulfone groups is 1. The fourth-order valence-electron chi connectivity index (χ4n) is 4.85. The summed E-state index contributed by atoms with van der Waals surface area (Å²) < 4.78 is 39.0. The molecule has 9 heteroatoms. The molecule has 1 saturated carbocycles. The molecule has 0 unspecified atom stereocenters. The molecule has 1 atom stereocenters. The minimum absolute atomic E-state index is 0.0163. The van der Waals surface area contributed by atoms with Crippen molar-refractivity contribution in [2.24, 2.45) is 5.41 Å². The van der Waals surface area contributed by atoms with Gasteiger partial charge in [0.15, 0.2) is 9.84 Å². The maximum absolute atomic E-state index is 14.9. The highest BCUT2D eigenvalue weighted by Crippen LogP contribution is 2.40. The molecular formula is C25H25FN4O3S. The number of hydrogen-bond acceptors (Lipinski definition) is 6. The van der Waals surface area contributed by atoms with Crippen molar-refractivity contribution < 1.29 is 17.6 Å². The average Bonchev–Trinajstić information content (AvgIpc) is 2.84. The topological polar surface area (TPSA) is 123 Å². The van der Waals surface area contributed by atoms with Crippen LogP contribution >= 0.6 is 0 Å². The number of benzene rings is 2. The molecule has 2 aromatic carbocycles. The van der Waals surface area contributed by atoms with Crippen molar-refractivity contribution >= 4 is 15.7 Å². The van der Waals surface area contributed by atoms with E-state index in [0.717, 1.165) is 31.9 Å². The predicted octanol–water partition coefficient (Wildman–Crippen LogP) is 2.85. The fourth-order valence-corrected chi connectivity index (χ4v) is 5.71. The van der Waals surface area contributed by atoms with Crippen LogP contribution in [0.5, 0.6) is 0 Å². The van der Waals surface area contributed by atoms with Gasteiger partial charge in [0.1, 0.15) is 17.9 Å². The summed E-state index contributed by atoms with van der Waals surface area (Å²) in [6.07, 6.45) is 4.49. The molecule has 7 nitrogen and oxygen atoms in total. The third-order valence-corrected chi connectivity index (χ3v) is 8.06. The monoisotopic (exact) mass is 480 g/mol. The van der Waals surface area contributed by atoms with Crippen molar-refractivity contribution in [2.75, 3.05) is 12.8 Å². The molecule has 5 rings (SSSR count). The van der Waals surface area contributed by atoms with Gasteiger partial charge in [0, 0.05) is 25.3 Å². The molecule has 1 aliphatic carbocycles. The van der Waals surface area contributed by atoms with Crippen LogP contribution in [0.1, 0.15) is 36.8 Å². The molecule has 3 fully saturated rings. The lowest BCUT2D eigenvalue weighted by Gasteiger charge is -2.46. The van der Waals surface area contributed by atoms with Crippen LogP contribution in [-0.4, -0.2) is 39.2 Å². The van der Waals surface area contributed by atoms with Crippen LogP contribution < -0.4 is 10.6 Å². The minimum atomic E-state index is -3.64. The number of amides is 1. The van der Waals surface area contributed by atoms with E-state index in [2.05, 4.69) is 16.7 Å². The standard InChI is InChI=1S/C25H25FN4O3S/c1-34(32,33)23-12-17(3-5-19(23)13-27)16-2-4-18(22(26)11-16)10-21(14-28)30-24(31)25-8-6-20(7-9-25)29-15-25/h2-5,11-12,20-21,29H,6-10,15H2,1H3,(H,30,31)/t20?,21-,25?/m0/s1. The second-order valence-corrected chi connectivity index (χ2v) is 11.2. The van der Waals surface area contributed by atoms with Crippen molar-refractivity contribution in [3.05, 3.63) is 53.3 Å². The van der Waals surface area contributed by atoms with Crippen LogP contribution in [0.3, 0.4) is 0 Å². The molecule has 2 N–H and O–H groups in total. The van der Waals surface area contributed by atoms with E-state index in [9.17, 15) is 28.1 Å².